The van der Waals surface area contributed by atoms with Crippen molar-refractivity contribution in [1.82, 2.24) is 9.78 Å². The van der Waals surface area contributed by atoms with Crippen molar-refractivity contribution >= 4 is 10.9 Å². The Morgan fingerprint density at radius 3 is 2.87 bits per heavy atom. The van der Waals surface area contributed by atoms with Gasteiger partial charge in [0.15, 0.2) is 0 Å². The number of hydrogen-bond acceptors (Lipinski definition) is 2. The fourth-order valence-electron chi connectivity index (χ4n) is 1.57. The van der Waals surface area contributed by atoms with Gasteiger partial charge >= 0.3 is 0 Å². The Bertz CT molecular complexity index is 513. The van der Waals surface area contributed by atoms with Crippen LogP contribution in [0, 0.1) is 0 Å². The maximum atomic E-state index is 11.9. The summed E-state index contributed by atoms with van der Waals surface area (Å²) in [5.74, 6) is 0. The topological polar surface area (TPSA) is 47.0 Å². The maximum Gasteiger partial charge on any atom is 0.274 e. The predicted octanol–water partition coefficient (Wildman–Crippen LogP) is 1.36. The van der Waals surface area contributed by atoms with Gasteiger partial charge in [0.1, 0.15) is 0 Å². The van der Waals surface area contributed by atoms with E-state index in [0.29, 0.717) is 6.54 Å². The molecule has 0 saturated carbocycles. The van der Waals surface area contributed by atoms with Crippen LogP contribution in [-0.2, 0) is 11.3 Å². The second-order valence-corrected chi connectivity index (χ2v) is 3.62. The Balaban J connectivity index is 2.45. The number of ether oxygens (including phenoxy) is 1. The van der Waals surface area contributed by atoms with Gasteiger partial charge in [-0.3, -0.25) is 9.89 Å². The SMILES string of the molecule is COC(C)Cn1[nH]c2ccccc2c1=O. The van der Waals surface area contributed by atoms with Crippen LogP contribution >= 0.6 is 0 Å². The molecule has 1 unspecified atom stereocenters. The van der Waals surface area contributed by atoms with E-state index < -0.39 is 0 Å². The van der Waals surface area contributed by atoms with Crippen LogP contribution in [0.15, 0.2) is 29.1 Å². The number of rotatable bonds is 3. The molecular formula is C11H14N2O2. The highest BCUT2D eigenvalue weighted by molar-refractivity contribution is 5.77. The molecule has 4 nitrogen and oxygen atoms in total. The summed E-state index contributed by atoms with van der Waals surface area (Å²) in [6, 6.07) is 7.48. The second kappa shape index (κ2) is 3.90. The van der Waals surface area contributed by atoms with Crippen LogP contribution in [0.5, 0.6) is 0 Å². The average Bonchev–Trinajstić information content (AvgIpc) is 2.57. The molecule has 1 atom stereocenters. The quantitative estimate of drug-likeness (QED) is 0.824. The predicted molar refractivity (Wildman–Crippen MR) is 59.0 cm³/mol. The monoisotopic (exact) mass is 206 g/mol. The highest BCUT2D eigenvalue weighted by atomic mass is 16.5. The number of para-hydroxylation sites is 1. The molecule has 0 aliphatic rings. The normalized spacial score (nSPS) is 13.2. The van der Waals surface area contributed by atoms with Crippen LogP contribution in [0.4, 0.5) is 0 Å². The number of aromatic nitrogens is 2. The lowest BCUT2D eigenvalue weighted by atomic mass is 10.3. The molecule has 0 spiro atoms. The molecule has 0 amide bonds. The first kappa shape index (κ1) is 9.98. The fourth-order valence-corrected chi connectivity index (χ4v) is 1.57. The van der Waals surface area contributed by atoms with E-state index in [1.165, 1.54) is 0 Å². The zero-order chi connectivity index (χ0) is 10.8. The van der Waals surface area contributed by atoms with Gasteiger partial charge in [0.2, 0.25) is 0 Å². The van der Waals surface area contributed by atoms with Crippen LogP contribution in [0.25, 0.3) is 10.9 Å². The summed E-state index contributed by atoms with van der Waals surface area (Å²) in [7, 11) is 1.64. The third kappa shape index (κ3) is 1.80. The minimum absolute atomic E-state index is 0.00880. The lowest BCUT2D eigenvalue weighted by Gasteiger charge is -2.08. The van der Waals surface area contributed by atoms with Gasteiger partial charge < -0.3 is 4.74 Å². The Kier molecular flexibility index (Phi) is 2.60. The minimum Gasteiger partial charge on any atom is -0.380 e. The number of nitrogens with zero attached hydrogens (tertiary/aromatic N) is 1. The number of aromatic amines is 1. The summed E-state index contributed by atoms with van der Waals surface area (Å²) in [6.45, 7) is 2.47. The summed E-state index contributed by atoms with van der Waals surface area (Å²) in [4.78, 5) is 11.9. The molecule has 15 heavy (non-hydrogen) atoms. The number of hydrogen-bond donors (Lipinski definition) is 1. The first-order chi connectivity index (χ1) is 7.22. The molecule has 0 bridgehead atoms. The smallest absolute Gasteiger partial charge is 0.274 e. The molecule has 4 heteroatoms. The van der Waals surface area contributed by atoms with Crippen molar-refractivity contribution in [3.63, 3.8) is 0 Å². The van der Waals surface area contributed by atoms with Crippen molar-refractivity contribution in [3.8, 4) is 0 Å². The highest BCUT2D eigenvalue weighted by Crippen LogP contribution is 2.06. The first-order valence-electron chi connectivity index (χ1n) is 4.92. The number of methoxy groups -OCH3 is 1. The lowest BCUT2D eigenvalue weighted by Crippen LogP contribution is -2.24. The van der Waals surface area contributed by atoms with E-state index in [1.807, 2.05) is 31.2 Å². The standard InChI is InChI=1S/C11H14N2O2/c1-8(15-2)7-13-11(14)9-5-3-4-6-10(9)12-13/h3-6,8,12H,7H2,1-2H3. The van der Waals surface area contributed by atoms with Crippen molar-refractivity contribution in [2.45, 2.75) is 19.6 Å². The van der Waals surface area contributed by atoms with E-state index in [2.05, 4.69) is 5.10 Å². The maximum absolute atomic E-state index is 11.9. The zero-order valence-electron chi connectivity index (χ0n) is 8.86. The molecule has 2 aromatic rings. The van der Waals surface area contributed by atoms with E-state index >= 15 is 0 Å². The molecule has 80 valence electrons. The van der Waals surface area contributed by atoms with Crippen molar-refractivity contribution < 1.29 is 4.74 Å². The van der Waals surface area contributed by atoms with Crippen molar-refractivity contribution in [2.24, 2.45) is 0 Å². The van der Waals surface area contributed by atoms with E-state index in [4.69, 9.17) is 4.74 Å². The molecule has 2 rings (SSSR count). The lowest BCUT2D eigenvalue weighted by molar-refractivity contribution is 0.0992. The number of H-pyrrole nitrogens is 1. The summed E-state index contributed by atoms with van der Waals surface area (Å²) in [6.07, 6.45) is 0.0239. The van der Waals surface area contributed by atoms with Gasteiger partial charge in [-0.05, 0) is 19.1 Å². The van der Waals surface area contributed by atoms with E-state index in [-0.39, 0.29) is 11.7 Å². The molecule has 0 radical (unpaired) electrons. The number of benzene rings is 1. The fraction of sp³-hybridized carbons (Fsp3) is 0.364. The highest BCUT2D eigenvalue weighted by Gasteiger charge is 2.08. The van der Waals surface area contributed by atoms with E-state index in [0.717, 1.165) is 10.9 Å². The van der Waals surface area contributed by atoms with Crippen LogP contribution in [-0.4, -0.2) is 23.0 Å². The molecule has 1 N–H and O–H groups in total. The summed E-state index contributed by atoms with van der Waals surface area (Å²) >= 11 is 0. The third-order valence-electron chi connectivity index (χ3n) is 2.50. The molecule has 0 fully saturated rings. The van der Waals surface area contributed by atoms with Gasteiger partial charge in [-0.25, -0.2) is 4.68 Å². The second-order valence-electron chi connectivity index (χ2n) is 3.62. The Morgan fingerprint density at radius 2 is 2.20 bits per heavy atom. The first-order valence-corrected chi connectivity index (χ1v) is 4.92. The van der Waals surface area contributed by atoms with Crippen LogP contribution in [0.3, 0.4) is 0 Å². The van der Waals surface area contributed by atoms with E-state index in [9.17, 15) is 4.79 Å². The molecule has 1 aromatic heterocycles. The molecule has 0 aliphatic heterocycles. The van der Waals surface area contributed by atoms with Crippen LogP contribution in [0.1, 0.15) is 6.92 Å². The van der Waals surface area contributed by atoms with Gasteiger partial charge in [-0.15, -0.1) is 0 Å². The van der Waals surface area contributed by atoms with E-state index in [1.54, 1.807) is 11.8 Å². The van der Waals surface area contributed by atoms with Crippen LogP contribution in [0.2, 0.25) is 0 Å². The van der Waals surface area contributed by atoms with Crippen molar-refractivity contribution in [3.05, 3.63) is 34.6 Å². The largest absolute Gasteiger partial charge is 0.380 e. The molecule has 1 aromatic carbocycles. The van der Waals surface area contributed by atoms with Crippen LogP contribution < -0.4 is 5.56 Å². The van der Waals surface area contributed by atoms with Crippen molar-refractivity contribution in [2.75, 3.05) is 7.11 Å². The third-order valence-corrected chi connectivity index (χ3v) is 2.50. The number of fused-ring (bicyclic) bond motifs is 1. The minimum atomic E-state index is 0.00880. The van der Waals surface area contributed by atoms with Gasteiger partial charge in [0, 0.05) is 7.11 Å². The Labute approximate surface area is 87.5 Å². The van der Waals surface area contributed by atoms with Crippen molar-refractivity contribution in [1.29, 1.82) is 0 Å². The van der Waals surface area contributed by atoms with Gasteiger partial charge in [0.05, 0.1) is 23.6 Å². The van der Waals surface area contributed by atoms with Gasteiger partial charge in [-0.1, -0.05) is 12.1 Å². The summed E-state index contributed by atoms with van der Waals surface area (Å²) < 4.78 is 6.71. The summed E-state index contributed by atoms with van der Waals surface area (Å²) in [5, 5.41) is 3.78. The number of nitrogens with one attached hydrogen (secondary N) is 1. The van der Waals surface area contributed by atoms with Gasteiger partial charge in [0.25, 0.3) is 5.56 Å². The molecule has 0 aliphatic carbocycles. The zero-order valence-corrected chi connectivity index (χ0v) is 8.86. The molecular weight excluding hydrogens is 192 g/mol. The molecule has 1 heterocycles. The van der Waals surface area contributed by atoms with Gasteiger partial charge in [-0.2, -0.15) is 0 Å². The summed E-state index contributed by atoms with van der Waals surface area (Å²) in [5.41, 5.74) is 0.875. The molecule has 0 saturated heterocycles. The Morgan fingerprint density at radius 1 is 1.47 bits per heavy atom. The average molecular weight is 206 g/mol. The Hall–Kier alpha value is -1.55.